The molecule has 4 rings (SSSR count). The number of anilines is 1. The SMILES string of the molecule is CN(C)c1ccc(CN2CCC(N3CCC[C@H](C(=O)NC4CC4)C3)CC2)cn1. The van der Waals surface area contributed by atoms with E-state index in [0.29, 0.717) is 18.0 Å². The van der Waals surface area contributed by atoms with Crippen molar-refractivity contribution in [1.82, 2.24) is 20.1 Å². The number of hydrogen-bond donors (Lipinski definition) is 1. The maximum atomic E-state index is 12.4. The van der Waals surface area contributed by atoms with Gasteiger partial charge in [-0.25, -0.2) is 4.98 Å². The Morgan fingerprint density at radius 1 is 1.14 bits per heavy atom. The molecule has 0 unspecified atom stereocenters. The average Bonchev–Trinajstić information content (AvgIpc) is 3.53. The summed E-state index contributed by atoms with van der Waals surface area (Å²) in [5.74, 6) is 1.51. The molecule has 3 fully saturated rings. The molecule has 28 heavy (non-hydrogen) atoms. The molecular formula is C22H35N5O. The lowest BCUT2D eigenvalue weighted by Crippen LogP contribution is -2.50. The van der Waals surface area contributed by atoms with Gasteiger partial charge in [0.1, 0.15) is 5.82 Å². The highest BCUT2D eigenvalue weighted by atomic mass is 16.2. The highest BCUT2D eigenvalue weighted by Crippen LogP contribution is 2.26. The lowest BCUT2D eigenvalue weighted by Gasteiger charge is -2.42. The van der Waals surface area contributed by atoms with Crippen LogP contribution < -0.4 is 10.2 Å². The van der Waals surface area contributed by atoms with Gasteiger partial charge in [-0.05, 0) is 69.8 Å². The van der Waals surface area contributed by atoms with E-state index < -0.39 is 0 Å². The van der Waals surface area contributed by atoms with E-state index in [1.807, 2.05) is 25.2 Å². The van der Waals surface area contributed by atoms with Crippen LogP contribution in [0.4, 0.5) is 5.82 Å². The summed E-state index contributed by atoms with van der Waals surface area (Å²) in [7, 11) is 4.04. The van der Waals surface area contributed by atoms with Crippen molar-refractivity contribution >= 4 is 11.7 Å². The van der Waals surface area contributed by atoms with Crippen molar-refractivity contribution < 1.29 is 4.79 Å². The predicted octanol–water partition coefficient (Wildman–Crippen LogP) is 2.10. The smallest absolute Gasteiger partial charge is 0.224 e. The van der Waals surface area contributed by atoms with Gasteiger partial charge in [-0.2, -0.15) is 0 Å². The Balaban J connectivity index is 1.23. The summed E-state index contributed by atoms with van der Waals surface area (Å²) in [4.78, 5) is 24.2. The summed E-state index contributed by atoms with van der Waals surface area (Å²) in [6.45, 7) is 5.37. The van der Waals surface area contributed by atoms with Crippen LogP contribution in [0.1, 0.15) is 44.1 Å². The molecule has 1 saturated carbocycles. The molecule has 1 aromatic heterocycles. The summed E-state index contributed by atoms with van der Waals surface area (Å²) in [5.41, 5.74) is 1.29. The fourth-order valence-electron chi connectivity index (χ4n) is 4.57. The van der Waals surface area contributed by atoms with Crippen molar-refractivity contribution in [3.05, 3.63) is 23.9 Å². The van der Waals surface area contributed by atoms with Gasteiger partial charge in [-0.1, -0.05) is 6.07 Å². The van der Waals surface area contributed by atoms with Crippen LogP contribution in [0.25, 0.3) is 0 Å². The molecule has 3 heterocycles. The maximum absolute atomic E-state index is 12.4. The van der Waals surface area contributed by atoms with E-state index in [1.54, 1.807) is 0 Å². The minimum Gasteiger partial charge on any atom is -0.363 e. The monoisotopic (exact) mass is 385 g/mol. The molecule has 1 N–H and O–H groups in total. The van der Waals surface area contributed by atoms with Crippen LogP contribution in [0.15, 0.2) is 18.3 Å². The molecule has 2 aliphatic heterocycles. The Morgan fingerprint density at radius 2 is 1.93 bits per heavy atom. The van der Waals surface area contributed by atoms with Crippen LogP contribution in [-0.2, 0) is 11.3 Å². The van der Waals surface area contributed by atoms with Crippen LogP contribution >= 0.6 is 0 Å². The normalized spacial score (nSPS) is 24.9. The maximum Gasteiger partial charge on any atom is 0.224 e. The first-order valence-corrected chi connectivity index (χ1v) is 11.0. The standard InChI is InChI=1S/C22H35N5O/c1-25(2)21-8-5-17(14-23-21)15-26-12-9-20(10-13-26)27-11-3-4-18(16-27)22(28)24-19-6-7-19/h5,8,14,18-20H,3-4,6-7,9-13,15-16H2,1-2H3,(H,24,28)/t18-/m0/s1. The van der Waals surface area contributed by atoms with Gasteiger partial charge in [0.25, 0.3) is 0 Å². The van der Waals surface area contributed by atoms with Crippen molar-refractivity contribution in [3.8, 4) is 0 Å². The van der Waals surface area contributed by atoms with Crippen molar-refractivity contribution in [2.24, 2.45) is 5.92 Å². The number of amides is 1. The van der Waals surface area contributed by atoms with Crippen molar-refractivity contribution in [1.29, 1.82) is 0 Å². The van der Waals surface area contributed by atoms with Gasteiger partial charge in [0.05, 0.1) is 5.92 Å². The van der Waals surface area contributed by atoms with Gasteiger partial charge in [0, 0.05) is 45.5 Å². The number of piperidine rings is 2. The summed E-state index contributed by atoms with van der Waals surface area (Å²) in [5, 5.41) is 3.21. The number of aromatic nitrogens is 1. The Bertz CT molecular complexity index is 649. The second-order valence-corrected chi connectivity index (χ2v) is 9.04. The van der Waals surface area contributed by atoms with Crippen molar-refractivity contribution in [2.75, 3.05) is 45.2 Å². The third-order valence-corrected chi connectivity index (χ3v) is 6.49. The zero-order chi connectivity index (χ0) is 19.5. The average molecular weight is 386 g/mol. The lowest BCUT2D eigenvalue weighted by molar-refractivity contribution is -0.127. The van der Waals surface area contributed by atoms with E-state index in [0.717, 1.165) is 51.4 Å². The quantitative estimate of drug-likeness (QED) is 0.813. The Labute approximate surface area is 169 Å². The molecule has 1 aliphatic carbocycles. The molecule has 2 saturated heterocycles. The van der Waals surface area contributed by atoms with Gasteiger partial charge in [0.15, 0.2) is 0 Å². The molecule has 6 heteroatoms. The van der Waals surface area contributed by atoms with Crippen molar-refractivity contribution in [2.45, 2.75) is 57.2 Å². The minimum atomic E-state index is 0.202. The van der Waals surface area contributed by atoms with E-state index in [1.165, 1.54) is 31.2 Å². The summed E-state index contributed by atoms with van der Waals surface area (Å²) >= 11 is 0. The number of carbonyl (C=O) groups excluding carboxylic acids is 1. The van der Waals surface area contributed by atoms with Crippen LogP contribution in [0, 0.1) is 5.92 Å². The number of likely N-dealkylation sites (tertiary alicyclic amines) is 2. The van der Waals surface area contributed by atoms with Crippen LogP contribution in [0.2, 0.25) is 0 Å². The molecule has 0 radical (unpaired) electrons. The first-order chi connectivity index (χ1) is 13.6. The van der Waals surface area contributed by atoms with Gasteiger partial charge >= 0.3 is 0 Å². The highest BCUT2D eigenvalue weighted by molar-refractivity contribution is 5.79. The fraction of sp³-hybridized carbons (Fsp3) is 0.727. The second-order valence-electron chi connectivity index (χ2n) is 9.04. The second kappa shape index (κ2) is 8.78. The van der Waals surface area contributed by atoms with Gasteiger partial charge < -0.3 is 10.2 Å². The molecule has 0 aromatic carbocycles. The molecule has 1 aromatic rings. The van der Waals surface area contributed by atoms with E-state index in [9.17, 15) is 4.79 Å². The summed E-state index contributed by atoms with van der Waals surface area (Å²) in [6, 6.07) is 5.42. The summed E-state index contributed by atoms with van der Waals surface area (Å²) in [6.07, 6.45) is 8.99. The zero-order valence-corrected chi connectivity index (χ0v) is 17.4. The number of rotatable bonds is 6. The zero-order valence-electron chi connectivity index (χ0n) is 17.4. The van der Waals surface area contributed by atoms with Gasteiger partial charge in [0.2, 0.25) is 5.91 Å². The number of pyridine rings is 1. The van der Waals surface area contributed by atoms with Gasteiger partial charge in [-0.15, -0.1) is 0 Å². The lowest BCUT2D eigenvalue weighted by atomic mass is 9.93. The van der Waals surface area contributed by atoms with E-state index >= 15 is 0 Å². The Kier molecular flexibility index (Phi) is 6.16. The molecule has 3 aliphatic rings. The van der Waals surface area contributed by atoms with Crippen LogP contribution in [-0.4, -0.2) is 73.0 Å². The number of nitrogens with one attached hydrogen (secondary N) is 1. The molecule has 1 amide bonds. The first-order valence-electron chi connectivity index (χ1n) is 11.0. The molecule has 1 atom stereocenters. The molecular weight excluding hydrogens is 350 g/mol. The fourth-order valence-corrected chi connectivity index (χ4v) is 4.57. The highest BCUT2D eigenvalue weighted by Gasteiger charge is 2.33. The van der Waals surface area contributed by atoms with E-state index in [4.69, 9.17) is 0 Å². The largest absolute Gasteiger partial charge is 0.363 e. The van der Waals surface area contributed by atoms with Crippen molar-refractivity contribution in [3.63, 3.8) is 0 Å². The van der Waals surface area contributed by atoms with Gasteiger partial charge in [-0.3, -0.25) is 14.6 Å². The molecule has 0 bridgehead atoms. The topological polar surface area (TPSA) is 51.7 Å². The minimum absolute atomic E-state index is 0.202. The summed E-state index contributed by atoms with van der Waals surface area (Å²) < 4.78 is 0. The predicted molar refractivity (Wildman–Crippen MR) is 112 cm³/mol. The molecule has 154 valence electrons. The Hall–Kier alpha value is -1.66. The Morgan fingerprint density at radius 3 is 2.57 bits per heavy atom. The van der Waals surface area contributed by atoms with E-state index in [-0.39, 0.29) is 5.92 Å². The van der Waals surface area contributed by atoms with Crippen LogP contribution in [0.5, 0.6) is 0 Å². The number of nitrogens with zero attached hydrogens (tertiary/aromatic N) is 4. The third-order valence-electron chi connectivity index (χ3n) is 6.49. The molecule has 6 nitrogen and oxygen atoms in total. The number of hydrogen-bond acceptors (Lipinski definition) is 5. The molecule has 0 spiro atoms. The van der Waals surface area contributed by atoms with Crippen LogP contribution in [0.3, 0.4) is 0 Å². The third kappa shape index (κ3) is 5.03. The number of carbonyl (C=O) groups is 1. The van der Waals surface area contributed by atoms with E-state index in [2.05, 4.69) is 32.2 Å². The first kappa shape index (κ1) is 19.6.